The summed E-state index contributed by atoms with van der Waals surface area (Å²) in [5.74, 6) is -0.138. The molecule has 0 aromatic rings. The van der Waals surface area contributed by atoms with Crippen molar-refractivity contribution in [1.82, 2.24) is 0 Å². The second-order valence-corrected chi connectivity index (χ2v) is 6.96. The molecule has 0 bridgehead atoms. The van der Waals surface area contributed by atoms with Gasteiger partial charge in [-0.2, -0.15) is 0 Å². The van der Waals surface area contributed by atoms with Crippen LogP contribution >= 0.6 is 0 Å². The molecule has 1 aliphatic rings. The zero-order chi connectivity index (χ0) is 17.8. The first-order chi connectivity index (χ1) is 11.6. The molecule has 0 aliphatic carbocycles. The largest absolute Gasteiger partial charge is 0.469 e. The molecule has 0 saturated carbocycles. The normalized spacial score (nSPS) is 24.9. The highest BCUT2D eigenvalue weighted by atomic mass is 16.5. The molecule has 1 rings (SSSR count). The van der Waals surface area contributed by atoms with E-state index in [1.807, 2.05) is 0 Å². The summed E-state index contributed by atoms with van der Waals surface area (Å²) in [6.45, 7) is 2.15. The third-order valence-corrected chi connectivity index (χ3v) is 4.88. The highest BCUT2D eigenvalue weighted by molar-refractivity contribution is 5.68. The number of hydrogen-bond donors (Lipinski definition) is 2. The van der Waals surface area contributed by atoms with Crippen molar-refractivity contribution < 1.29 is 24.5 Å². The van der Waals surface area contributed by atoms with Crippen LogP contribution in [0.3, 0.4) is 0 Å². The Kier molecular flexibility index (Phi) is 11.3. The van der Waals surface area contributed by atoms with Gasteiger partial charge in [0.1, 0.15) is 0 Å². The summed E-state index contributed by atoms with van der Waals surface area (Å²) in [4.78, 5) is 11.0. The smallest absolute Gasteiger partial charge is 0.305 e. The lowest BCUT2D eigenvalue weighted by molar-refractivity contribution is -0.140. The van der Waals surface area contributed by atoms with Crippen LogP contribution in [-0.4, -0.2) is 47.7 Å². The van der Waals surface area contributed by atoms with E-state index in [1.54, 1.807) is 0 Å². The predicted molar refractivity (Wildman–Crippen MR) is 93.8 cm³/mol. The lowest BCUT2D eigenvalue weighted by Gasteiger charge is -2.19. The molecule has 142 valence electrons. The molecular weight excluding hydrogens is 308 g/mol. The van der Waals surface area contributed by atoms with Gasteiger partial charge >= 0.3 is 5.97 Å². The molecule has 0 aromatic carbocycles. The number of aliphatic hydroxyl groups is 2. The molecule has 0 aromatic heterocycles. The van der Waals surface area contributed by atoms with E-state index in [0.29, 0.717) is 12.8 Å². The first kappa shape index (κ1) is 21.4. The van der Waals surface area contributed by atoms with E-state index in [2.05, 4.69) is 11.7 Å². The first-order valence-electron chi connectivity index (χ1n) is 9.66. The van der Waals surface area contributed by atoms with E-state index in [0.717, 1.165) is 64.2 Å². The van der Waals surface area contributed by atoms with Crippen molar-refractivity contribution in [2.75, 3.05) is 7.11 Å². The molecule has 1 heterocycles. The van der Waals surface area contributed by atoms with Gasteiger partial charge in [0.15, 0.2) is 0 Å². The minimum Gasteiger partial charge on any atom is -0.469 e. The summed E-state index contributed by atoms with van der Waals surface area (Å²) in [6, 6.07) is 0. The zero-order valence-corrected chi connectivity index (χ0v) is 15.4. The van der Waals surface area contributed by atoms with Crippen molar-refractivity contribution in [3.63, 3.8) is 0 Å². The predicted octanol–water partition coefficient (Wildman–Crippen LogP) is 3.35. The minimum absolute atomic E-state index is 0.133. The molecule has 2 N–H and O–H groups in total. The van der Waals surface area contributed by atoms with Crippen LogP contribution in [0.2, 0.25) is 0 Å². The van der Waals surface area contributed by atoms with Crippen molar-refractivity contribution >= 4 is 5.97 Å². The Morgan fingerprint density at radius 2 is 1.88 bits per heavy atom. The summed E-state index contributed by atoms with van der Waals surface area (Å²) in [7, 11) is 1.42. The lowest BCUT2D eigenvalue weighted by atomic mass is 10.0. The van der Waals surface area contributed by atoms with E-state index in [9.17, 15) is 15.0 Å². The molecule has 1 aliphatic heterocycles. The highest BCUT2D eigenvalue weighted by Gasteiger charge is 2.36. The van der Waals surface area contributed by atoms with Crippen molar-refractivity contribution in [2.45, 2.75) is 108 Å². The van der Waals surface area contributed by atoms with Crippen LogP contribution in [0.4, 0.5) is 0 Å². The average molecular weight is 344 g/mol. The summed E-state index contributed by atoms with van der Waals surface area (Å²) >= 11 is 0. The van der Waals surface area contributed by atoms with Gasteiger partial charge in [0.25, 0.3) is 0 Å². The number of carbonyl (C=O) groups is 1. The average Bonchev–Trinajstić information content (AvgIpc) is 2.95. The third kappa shape index (κ3) is 8.45. The van der Waals surface area contributed by atoms with Crippen LogP contribution in [0.1, 0.15) is 84.0 Å². The molecule has 1 saturated heterocycles. The fraction of sp³-hybridized carbons (Fsp3) is 0.947. The van der Waals surface area contributed by atoms with Crippen molar-refractivity contribution in [1.29, 1.82) is 0 Å². The van der Waals surface area contributed by atoms with Gasteiger partial charge in [0, 0.05) is 12.8 Å². The number of methoxy groups -OCH3 is 1. The first-order valence-corrected chi connectivity index (χ1v) is 9.66. The van der Waals surface area contributed by atoms with Crippen LogP contribution in [0, 0.1) is 0 Å². The zero-order valence-electron chi connectivity index (χ0n) is 15.4. The third-order valence-electron chi connectivity index (χ3n) is 4.88. The van der Waals surface area contributed by atoms with Crippen LogP contribution in [0.15, 0.2) is 0 Å². The highest BCUT2D eigenvalue weighted by Crippen LogP contribution is 2.28. The maximum Gasteiger partial charge on any atom is 0.305 e. The minimum atomic E-state index is -0.450. The van der Waals surface area contributed by atoms with Crippen molar-refractivity contribution in [3.05, 3.63) is 0 Å². The maximum atomic E-state index is 11.0. The molecule has 0 amide bonds. The van der Waals surface area contributed by atoms with E-state index in [1.165, 1.54) is 7.11 Å². The van der Waals surface area contributed by atoms with E-state index in [-0.39, 0.29) is 18.2 Å². The maximum absolute atomic E-state index is 11.0. The second-order valence-electron chi connectivity index (χ2n) is 6.96. The Morgan fingerprint density at radius 1 is 1.17 bits per heavy atom. The van der Waals surface area contributed by atoms with Gasteiger partial charge in [-0.3, -0.25) is 4.79 Å². The number of ether oxygens (including phenoxy) is 2. The van der Waals surface area contributed by atoms with Gasteiger partial charge in [0.2, 0.25) is 0 Å². The molecule has 24 heavy (non-hydrogen) atoms. The Balaban J connectivity index is 2.08. The Hall–Kier alpha value is -0.650. The lowest BCUT2D eigenvalue weighted by Crippen LogP contribution is -2.26. The van der Waals surface area contributed by atoms with Gasteiger partial charge < -0.3 is 19.7 Å². The SMILES string of the molecule is CCCCC[C@@H](O)[C@@H]1C[C@@H](O)[C@@H](CCCCCCCC(=O)OC)O1. The molecule has 0 spiro atoms. The number of hydrogen-bond acceptors (Lipinski definition) is 5. The number of carbonyl (C=O) groups excluding carboxylic acids is 1. The molecule has 5 heteroatoms. The summed E-state index contributed by atoms with van der Waals surface area (Å²) < 4.78 is 10.5. The van der Waals surface area contributed by atoms with Crippen LogP contribution in [0.25, 0.3) is 0 Å². The molecule has 5 nitrogen and oxygen atoms in total. The van der Waals surface area contributed by atoms with Crippen LogP contribution in [-0.2, 0) is 14.3 Å². The van der Waals surface area contributed by atoms with E-state index in [4.69, 9.17) is 4.74 Å². The van der Waals surface area contributed by atoms with Gasteiger partial charge in [-0.05, 0) is 19.3 Å². The standard InChI is InChI=1S/C19H36O5/c1-3-4-8-11-15(20)18-14-16(21)17(24-18)12-9-6-5-7-10-13-19(22)23-2/h15-18,20-21H,3-14H2,1-2H3/t15-,16-,17-,18+/m1/s1. The number of rotatable bonds is 13. The Labute approximate surface area is 146 Å². The molecular formula is C19H36O5. The summed E-state index contributed by atoms with van der Waals surface area (Å²) in [5, 5.41) is 20.3. The number of esters is 1. The fourth-order valence-electron chi connectivity index (χ4n) is 3.31. The van der Waals surface area contributed by atoms with Crippen molar-refractivity contribution in [2.24, 2.45) is 0 Å². The fourth-order valence-corrected chi connectivity index (χ4v) is 3.31. The Morgan fingerprint density at radius 3 is 2.58 bits per heavy atom. The monoisotopic (exact) mass is 344 g/mol. The topological polar surface area (TPSA) is 76.0 Å². The number of unbranched alkanes of at least 4 members (excludes halogenated alkanes) is 6. The van der Waals surface area contributed by atoms with E-state index < -0.39 is 12.2 Å². The van der Waals surface area contributed by atoms with Crippen LogP contribution in [0.5, 0.6) is 0 Å². The second kappa shape index (κ2) is 12.7. The Bertz CT molecular complexity index is 334. The molecule has 1 fully saturated rings. The van der Waals surface area contributed by atoms with Gasteiger partial charge in [-0.15, -0.1) is 0 Å². The van der Waals surface area contributed by atoms with Crippen LogP contribution < -0.4 is 0 Å². The van der Waals surface area contributed by atoms with E-state index >= 15 is 0 Å². The quantitative estimate of drug-likeness (QED) is 0.396. The number of aliphatic hydroxyl groups excluding tert-OH is 2. The van der Waals surface area contributed by atoms with Crippen molar-refractivity contribution in [3.8, 4) is 0 Å². The summed E-state index contributed by atoms with van der Waals surface area (Å²) in [6.07, 6.45) is 9.79. The van der Waals surface area contributed by atoms with Gasteiger partial charge in [-0.1, -0.05) is 51.9 Å². The van der Waals surface area contributed by atoms with Gasteiger partial charge in [-0.25, -0.2) is 0 Å². The summed E-state index contributed by atoms with van der Waals surface area (Å²) in [5.41, 5.74) is 0. The molecule has 0 unspecified atom stereocenters. The molecule has 0 radical (unpaired) electrons. The molecule has 4 atom stereocenters. The van der Waals surface area contributed by atoms with Gasteiger partial charge in [0.05, 0.1) is 31.5 Å².